The van der Waals surface area contributed by atoms with Crippen molar-refractivity contribution in [2.24, 2.45) is 5.73 Å². The van der Waals surface area contributed by atoms with Gasteiger partial charge in [-0.05, 0) is 44.2 Å². The molecule has 4 nitrogen and oxygen atoms in total. The molecule has 2 aliphatic rings. The second-order valence-corrected chi connectivity index (χ2v) is 6.04. The Morgan fingerprint density at radius 1 is 1.21 bits per heavy atom. The third-order valence-corrected chi connectivity index (χ3v) is 4.47. The smallest absolute Gasteiger partial charge is 0.160 e. The maximum Gasteiger partial charge on any atom is 0.160 e. The lowest BCUT2D eigenvalue weighted by molar-refractivity contribution is 0.374. The van der Waals surface area contributed by atoms with Crippen LogP contribution in [0.25, 0.3) is 11.2 Å². The zero-order valence-corrected chi connectivity index (χ0v) is 11.1. The number of aromatic nitrogens is 3. The summed E-state index contributed by atoms with van der Waals surface area (Å²) in [6.07, 6.45) is 9.12. The van der Waals surface area contributed by atoms with Gasteiger partial charge in [0.25, 0.3) is 0 Å². The Morgan fingerprint density at radius 3 is 2.89 bits per heavy atom. The third kappa shape index (κ3) is 1.94. The summed E-state index contributed by atoms with van der Waals surface area (Å²) >= 11 is 0. The van der Waals surface area contributed by atoms with Crippen LogP contribution in [0.1, 0.15) is 56.3 Å². The first kappa shape index (κ1) is 11.4. The topological polar surface area (TPSA) is 56.7 Å². The van der Waals surface area contributed by atoms with Gasteiger partial charge in [0.05, 0.1) is 0 Å². The second kappa shape index (κ2) is 4.30. The minimum absolute atomic E-state index is 0.346. The van der Waals surface area contributed by atoms with Crippen LogP contribution in [-0.2, 0) is 0 Å². The fraction of sp³-hybridized carbons (Fsp3) is 0.600. The highest BCUT2D eigenvalue weighted by Gasteiger charge is 2.33. The first-order valence-electron chi connectivity index (χ1n) is 7.41. The van der Waals surface area contributed by atoms with Crippen molar-refractivity contribution in [3.05, 3.63) is 24.2 Å². The van der Waals surface area contributed by atoms with E-state index in [-0.39, 0.29) is 0 Å². The molecule has 0 radical (unpaired) electrons. The predicted octanol–water partition coefficient (Wildman–Crippen LogP) is 2.75. The van der Waals surface area contributed by atoms with E-state index in [1.165, 1.54) is 37.9 Å². The van der Waals surface area contributed by atoms with Gasteiger partial charge in [0.1, 0.15) is 11.3 Å². The van der Waals surface area contributed by atoms with Crippen LogP contribution in [-0.4, -0.2) is 20.6 Å². The van der Waals surface area contributed by atoms with E-state index in [2.05, 4.69) is 15.6 Å². The summed E-state index contributed by atoms with van der Waals surface area (Å²) in [5.41, 5.74) is 8.26. The van der Waals surface area contributed by atoms with Crippen LogP contribution < -0.4 is 5.73 Å². The van der Waals surface area contributed by atoms with Gasteiger partial charge in [0.2, 0.25) is 0 Å². The fourth-order valence-corrected chi connectivity index (χ4v) is 3.39. The number of hydrogen-bond donors (Lipinski definition) is 1. The molecule has 0 aliphatic heterocycles. The van der Waals surface area contributed by atoms with E-state index >= 15 is 0 Å². The first-order valence-corrected chi connectivity index (χ1v) is 7.41. The molecule has 2 fully saturated rings. The van der Waals surface area contributed by atoms with E-state index in [0.717, 1.165) is 17.6 Å². The molecule has 2 aliphatic carbocycles. The summed E-state index contributed by atoms with van der Waals surface area (Å²) < 4.78 is 2.40. The molecule has 4 heteroatoms. The number of nitrogens with two attached hydrogens (primary N) is 1. The van der Waals surface area contributed by atoms with Gasteiger partial charge in [-0.2, -0.15) is 0 Å². The molecular formula is C15H20N4. The van der Waals surface area contributed by atoms with Crippen LogP contribution in [0, 0.1) is 0 Å². The number of rotatable bonds is 2. The summed E-state index contributed by atoms with van der Waals surface area (Å²) in [7, 11) is 0. The van der Waals surface area contributed by atoms with Gasteiger partial charge in [-0.1, -0.05) is 6.42 Å². The van der Waals surface area contributed by atoms with E-state index in [0.29, 0.717) is 18.0 Å². The van der Waals surface area contributed by atoms with E-state index in [4.69, 9.17) is 10.7 Å². The molecule has 2 aromatic heterocycles. The van der Waals surface area contributed by atoms with E-state index in [1.807, 2.05) is 12.3 Å². The predicted molar refractivity (Wildman–Crippen MR) is 75.0 cm³/mol. The number of fused-ring (bicyclic) bond motifs is 1. The Morgan fingerprint density at radius 2 is 2.11 bits per heavy atom. The molecule has 0 bridgehead atoms. The third-order valence-electron chi connectivity index (χ3n) is 4.47. The normalized spacial score (nSPS) is 27.8. The highest BCUT2D eigenvalue weighted by molar-refractivity contribution is 5.71. The van der Waals surface area contributed by atoms with Crippen LogP contribution >= 0.6 is 0 Å². The van der Waals surface area contributed by atoms with E-state index < -0.39 is 0 Å². The van der Waals surface area contributed by atoms with Crippen molar-refractivity contribution in [3.8, 4) is 0 Å². The molecule has 2 heterocycles. The van der Waals surface area contributed by atoms with Crippen molar-refractivity contribution in [2.45, 2.75) is 56.5 Å². The van der Waals surface area contributed by atoms with Crippen LogP contribution in [0.15, 0.2) is 18.3 Å². The Bertz CT molecular complexity index is 599. The average Bonchev–Trinajstić information content (AvgIpc) is 3.18. The van der Waals surface area contributed by atoms with E-state index in [9.17, 15) is 0 Å². The van der Waals surface area contributed by atoms with Crippen LogP contribution in [0.5, 0.6) is 0 Å². The Hall–Kier alpha value is -1.42. The highest BCUT2D eigenvalue weighted by atomic mass is 15.2. The molecule has 0 saturated heterocycles. The molecule has 0 aromatic carbocycles. The van der Waals surface area contributed by atoms with E-state index in [1.54, 1.807) is 0 Å². The van der Waals surface area contributed by atoms with Gasteiger partial charge in [-0.3, -0.25) is 0 Å². The van der Waals surface area contributed by atoms with Crippen molar-refractivity contribution in [2.75, 3.05) is 0 Å². The second-order valence-electron chi connectivity index (χ2n) is 6.04. The number of pyridine rings is 1. The molecule has 100 valence electrons. The van der Waals surface area contributed by atoms with Crippen LogP contribution in [0.2, 0.25) is 0 Å². The van der Waals surface area contributed by atoms with Crippen molar-refractivity contribution in [1.82, 2.24) is 14.5 Å². The van der Waals surface area contributed by atoms with Crippen LogP contribution in [0.4, 0.5) is 0 Å². The lowest BCUT2D eigenvalue weighted by Gasteiger charge is -2.26. The zero-order valence-electron chi connectivity index (χ0n) is 11.1. The minimum atomic E-state index is 0.346. The SMILES string of the molecule is NC1CCCC(c2nc3cccnc3n2C2CC2)C1. The summed E-state index contributed by atoms with van der Waals surface area (Å²) in [6, 6.07) is 5.03. The monoisotopic (exact) mass is 256 g/mol. The Balaban J connectivity index is 1.81. The van der Waals surface area contributed by atoms with Crippen molar-refractivity contribution in [3.63, 3.8) is 0 Å². The molecule has 0 amide bonds. The minimum Gasteiger partial charge on any atom is -0.328 e. The zero-order chi connectivity index (χ0) is 12.8. The highest BCUT2D eigenvalue weighted by Crippen LogP contribution is 2.42. The van der Waals surface area contributed by atoms with Crippen LogP contribution in [0.3, 0.4) is 0 Å². The summed E-state index contributed by atoms with van der Waals surface area (Å²) in [4.78, 5) is 9.42. The summed E-state index contributed by atoms with van der Waals surface area (Å²) in [6.45, 7) is 0. The molecule has 2 unspecified atom stereocenters. The Labute approximate surface area is 113 Å². The molecule has 4 rings (SSSR count). The van der Waals surface area contributed by atoms with Crippen molar-refractivity contribution >= 4 is 11.2 Å². The largest absolute Gasteiger partial charge is 0.328 e. The average molecular weight is 256 g/mol. The van der Waals surface area contributed by atoms with Crippen molar-refractivity contribution < 1.29 is 0 Å². The maximum atomic E-state index is 6.15. The van der Waals surface area contributed by atoms with Gasteiger partial charge in [-0.25, -0.2) is 9.97 Å². The standard InChI is InChI=1S/C15H20N4/c16-11-4-1-3-10(9-11)14-18-13-5-2-8-17-15(13)19(14)12-6-7-12/h2,5,8,10-12H,1,3-4,6-7,9,16H2. The maximum absolute atomic E-state index is 6.15. The number of nitrogens with zero attached hydrogens (tertiary/aromatic N) is 3. The lowest BCUT2D eigenvalue weighted by Crippen LogP contribution is -2.28. The molecule has 0 spiro atoms. The van der Waals surface area contributed by atoms with Gasteiger partial charge in [0.15, 0.2) is 5.65 Å². The molecular weight excluding hydrogens is 236 g/mol. The van der Waals surface area contributed by atoms with Gasteiger partial charge in [-0.15, -0.1) is 0 Å². The van der Waals surface area contributed by atoms with Gasteiger partial charge < -0.3 is 10.3 Å². The molecule has 2 N–H and O–H groups in total. The fourth-order valence-electron chi connectivity index (χ4n) is 3.39. The molecule has 2 atom stereocenters. The summed E-state index contributed by atoms with van der Waals surface area (Å²) in [5.74, 6) is 1.77. The quantitative estimate of drug-likeness (QED) is 0.898. The Kier molecular flexibility index (Phi) is 2.58. The molecule has 19 heavy (non-hydrogen) atoms. The first-order chi connectivity index (χ1) is 9.33. The molecule has 2 saturated carbocycles. The number of imidazole rings is 1. The van der Waals surface area contributed by atoms with Gasteiger partial charge >= 0.3 is 0 Å². The summed E-state index contributed by atoms with van der Waals surface area (Å²) in [5, 5.41) is 0. The lowest BCUT2D eigenvalue weighted by atomic mass is 9.85. The number of hydrogen-bond acceptors (Lipinski definition) is 3. The van der Waals surface area contributed by atoms with Gasteiger partial charge in [0, 0.05) is 24.2 Å². The molecule has 2 aromatic rings. The van der Waals surface area contributed by atoms with Crippen molar-refractivity contribution in [1.29, 1.82) is 0 Å².